The van der Waals surface area contributed by atoms with E-state index in [1.807, 2.05) is 0 Å². The fourth-order valence-electron chi connectivity index (χ4n) is 2.80. The van der Waals surface area contributed by atoms with Crippen molar-refractivity contribution in [2.75, 3.05) is 17.5 Å². The summed E-state index contributed by atoms with van der Waals surface area (Å²) in [5.74, 6) is -0.963. The molecule has 1 amide bonds. The van der Waals surface area contributed by atoms with Crippen molar-refractivity contribution in [1.29, 1.82) is 0 Å². The number of benzene rings is 1. The fraction of sp³-hybridized carbons (Fsp3) is 0.368. The highest BCUT2D eigenvalue weighted by atomic mass is 32.2. The quantitative estimate of drug-likeness (QED) is 0.755. The lowest BCUT2D eigenvalue weighted by Crippen LogP contribution is -2.41. The minimum absolute atomic E-state index is 0.0159. The third kappa shape index (κ3) is 5.37. The molecule has 3 rings (SSSR count). The van der Waals surface area contributed by atoms with Crippen LogP contribution in [0.2, 0.25) is 0 Å². The number of alkyl halides is 3. The maximum atomic E-state index is 13.1. The number of halogens is 3. The van der Waals surface area contributed by atoms with Gasteiger partial charge in [-0.05, 0) is 51.1 Å². The second-order valence-corrected chi connectivity index (χ2v) is 9.56. The molecule has 1 aromatic heterocycles. The summed E-state index contributed by atoms with van der Waals surface area (Å²) >= 11 is 0. The molecule has 0 aliphatic carbocycles. The lowest BCUT2D eigenvalue weighted by Gasteiger charge is -2.30. The van der Waals surface area contributed by atoms with Gasteiger partial charge in [-0.25, -0.2) is 13.4 Å². The number of carbonyl (C=O) groups excluding carboxylic acids is 1. The lowest BCUT2D eigenvalue weighted by atomic mass is 10.1. The van der Waals surface area contributed by atoms with E-state index in [-0.39, 0.29) is 35.2 Å². The monoisotopic (exact) mass is 459 g/mol. The number of carbonyl (C=O) groups is 1. The molecule has 12 heteroatoms. The zero-order chi connectivity index (χ0) is 23.0. The van der Waals surface area contributed by atoms with Crippen LogP contribution >= 0.6 is 0 Å². The minimum atomic E-state index is -4.89. The van der Waals surface area contributed by atoms with Gasteiger partial charge in [0, 0.05) is 11.7 Å². The van der Waals surface area contributed by atoms with Crippen molar-refractivity contribution in [3.8, 4) is 11.6 Å². The molecule has 1 aliphatic rings. The number of nitrogens with zero attached hydrogens (tertiary/aromatic N) is 2. The summed E-state index contributed by atoms with van der Waals surface area (Å²) < 4.78 is 73.5. The predicted molar refractivity (Wildman–Crippen MR) is 105 cm³/mol. The van der Waals surface area contributed by atoms with Gasteiger partial charge >= 0.3 is 6.36 Å². The van der Waals surface area contributed by atoms with Crippen LogP contribution in [0.5, 0.6) is 11.6 Å². The first-order valence-corrected chi connectivity index (χ1v) is 10.5. The van der Waals surface area contributed by atoms with Crippen LogP contribution in [0, 0.1) is 0 Å². The topological polar surface area (TPSA) is 97.8 Å². The highest BCUT2D eigenvalue weighted by molar-refractivity contribution is 7.92. The number of aromatic nitrogens is 1. The minimum Gasteiger partial charge on any atom is -0.474 e. The zero-order valence-electron chi connectivity index (χ0n) is 16.9. The van der Waals surface area contributed by atoms with Crippen molar-refractivity contribution in [3.63, 3.8) is 0 Å². The number of pyridine rings is 1. The highest BCUT2D eigenvalue weighted by Crippen LogP contribution is 2.35. The van der Waals surface area contributed by atoms with E-state index in [2.05, 4.69) is 15.0 Å². The van der Waals surface area contributed by atoms with Gasteiger partial charge < -0.3 is 14.8 Å². The number of hydrogen-bond donors (Lipinski definition) is 1. The molecule has 1 aromatic carbocycles. The first-order chi connectivity index (χ1) is 14.3. The van der Waals surface area contributed by atoms with Crippen molar-refractivity contribution in [2.45, 2.75) is 37.6 Å². The number of nitrogens with one attached hydrogen (secondary N) is 1. The Balaban J connectivity index is 1.93. The molecule has 1 aliphatic heterocycles. The Morgan fingerprint density at radius 2 is 1.84 bits per heavy atom. The molecule has 0 saturated carbocycles. The summed E-state index contributed by atoms with van der Waals surface area (Å²) in [5, 5.41) is 2.76. The molecule has 168 valence electrons. The summed E-state index contributed by atoms with van der Waals surface area (Å²) in [6.07, 6.45) is -3.61. The average Bonchev–Trinajstić information content (AvgIpc) is 2.65. The Bertz CT molecular complexity index is 1080. The van der Waals surface area contributed by atoms with E-state index < -0.39 is 33.6 Å². The molecule has 0 radical (unpaired) electrons. The molecule has 0 bridgehead atoms. The summed E-state index contributed by atoms with van der Waals surface area (Å²) in [6, 6.07) is 5.19. The smallest absolute Gasteiger partial charge is 0.474 e. The van der Waals surface area contributed by atoms with Gasteiger partial charge in [-0.1, -0.05) is 0 Å². The Kier molecular flexibility index (Phi) is 5.78. The first kappa shape index (κ1) is 22.7. The van der Waals surface area contributed by atoms with Crippen molar-refractivity contribution in [1.82, 2.24) is 10.3 Å². The van der Waals surface area contributed by atoms with Crippen LogP contribution in [0.4, 0.5) is 18.9 Å². The standard InChI is InChI=1S/C19H20F3N3O5S/c1-18(2,3)24-16(26)12-10-15-17(23-11-12)29-9-8-25(15)31(27,28)14-6-4-13(5-7-14)30-19(20,21)22/h4-7,10-11H,8-9H2,1-3H3,(H,24,26). The molecule has 0 unspecified atom stereocenters. The molecule has 0 fully saturated rings. The van der Waals surface area contributed by atoms with Gasteiger partial charge in [-0.3, -0.25) is 9.10 Å². The first-order valence-electron chi connectivity index (χ1n) is 9.10. The maximum Gasteiger partial charge on any atom is 0.573 e. The Morgan fingerprint density at radius 1 is 1.19 bits per heavy atom. The lowest BCUT2D eigenvalue weighted by molar-refractivity contribution is -0.274. The summed E-state index contributed by atoms with van der Waals surface area (Å²) in [7, 11) is -4.17. The van der Waals surface area contributed by atoms with Gasteiger partial charge in [-0.2, -0.15) is 0 Å². The molecule has 31 heavy (non-hydrogen) atoms. The van der Waals surface area contributed by atoms with E-state index >= 15 is 0 Å². The van der Waals surface area contributed by atoms with Crippen molar-refractivity contribution >= 4 is 21.6 Å². The van der Waals surface area contributed by atoms with E-state index in [1.54, 1.807) is 20.8 Å². The van der Waals surface area contributed by atoms with Gasteiger partial charge in [0.05, 0.1) is 17.0 Å². The van der Waals surface area contributed by atoms with Crippen LogP contribution in [0.1, 0.15) is 31.1 Å². The second-order valence-electron chi connectivity index (χ2n) is 7.70. The largest absolute Gasteiger partial charge is 0.573 e. The van der Waals surface area contributed by atoms with Gasteiger partial charge in [0.2, 0.25) is 5.88 Å². The molecule has 2 aromatic rings. The number of amides is 1. The number of hydrogen-bond acceptors (Lipinski definition) is 6. The summed E-state index contributed by atoms with van der Waals surface area (Å²) in [4.78, 5) is 16.3. The maximum absolute atomic E-state index is 13.1. The van der Waals surface area contributed by atoms with Crippen LogP contribution in [0.15, 0.2) is 41.4 Å². The highest BCUT2D eigenvalue weighted by Gasteiger charge is 2.33. The van der Waals surface area contributed by atoms with Gasteiger partial charge in [0.1, 0.15) is 18.0 Å². The third-order valence-corrected chi connectivity index (χ3v) is 5.86. The Hall–Kier alpha value is -3.02. The number of anilines is 1. The van der Waals surface area contributed by atoms with Crippen LogP contribution in [0.25, 0.3) is 0 Å². The van der Waals surface area contributed by atoms with E-state index in [0.29, 0.717) is 0 Å². The van der Waals surface area contributed by atoms with Crippen LogP contribution in [-0.4, -0.2) is 44.4 Å². The van der Waals surface area contributed by atoms with Gasteiger partial charge in [-0.15, -0.1) is 13.2 Å². The average molecular weight is 459 g/mol. The van der Waals surface area contributed by atoms with Crippen LogP contribution in [-0.2, 0) is 10.0 Å². The number of fused-ring (bicyclic) bond motifs is 1. The van der Waals surface area contributed by atoms with Crippen LogP contribution in [0.3, 0.4) is 0 Å². The molecule has 0 spiro atoms. The SMILES string of the molecule is CC(C)(C)NC(=O)c1cnc2c(c1)N(S(=O)(=O)c1ccc(OC(F)(F)F)cc1)CCO2. The molecule has 1 N–H and O–H groups in total. The predicted octanol–water partition coefficient (Wildman–Crippen LogP) is 3.10. The molecular formula is C19H20F3N3O5S. The van der Waals surface area contributed by atoms with E-state index in [9.17, 15) is 26.4 Å². The summed E-state index contributed by atoms with van der Waals surface area (Å²) in [5.41, 5.74) is -0.327. The van der Waals surface area contributed by atoms with Crippen molar-refractivity contribution in [2.24, 2.45) is 0 Å². The molecular weight excluding hydrogens is 439 g/mol. The molecule has 2 heterocycles. The van der Waals surface area contributed by atoms with E-state index in [1.165, 1.54) is 12.3 Å². The zero-order valence-corrected chi connectivity index (χ0v) is 17.7. The molecule has 8 nitrogen and oxygen atoms in total. The summed E-state index contributed by atoms with van der Waals surface area (Å²) in [6.45, 7) is 5.33. The van der Waals surface area contributed by atoms with E-state index in [4.69, 9.17) is 4.74 Å². The Labute approximate surface area is 177 Å². The third-order valence-electron chi connectivity index (χ3n) is 4.03. The molecule has 0 saturated heterocycles. The van der Waals surface area contributed by atoms with Crippen molar-refractivity contribution in [3.05, 3.63) is 42.1 Å². The van der Waals surface area contributed by atoms with E-state index in [0.717, 1.165) is 28.6 Å². The van der Waals surface area contributed by atoms with Gasteiger partial charge in [0.15, 0.2) is 0 Å². The Morgan fingerprint density at radius 3 is 2.42 bits per heavy atom. The number of sulfonamides is 1. The molecule has 0 atom stereocenters. The second kappa shape index (κ2) is 7.91. The van der Waals surface area contributed by atoms with Gasteiger partial charge in [0.25, 0.3) is 15.9 Å². The number of rotatable bonds is 4. The fourth-order valence-corrected chi connectivity index (χ4v) is 4.24. The number of ether oxygens (including phenoxy) is 2. The van der Waals surface area contributed by atoms with Crippen molar-refractivity contribution < 1.29 is 35.9 Å². The van der Waals surface area contributed by atoms with Crippen LogP contribution < -0.4 is 19.1 Å². The normalized spacial score (nSPS) is 14.5.